The van der Waals surface area contributed by atoms with E-state index in [9.17, 15) is 0 Å². The van der Waals surface area contributed by atoms with Crippen LogP contribution in [0.1, 0.15) is 53.4 Å². The number of thiocarbonyl (C=S) groups is 1. The Balaban J connectivity index is 2.50. The fraction of sp³-hybridized carbons (Fsp3) is 0.923. The lowest BCUT2D eigenvalue weighted by molar-refractivity contribution is 0.181. The molecule has 0 aromatic rings. The van der Waals surface area contributed by atoms with Crippen molar-refractivity contribution in [3.8, 4) is 0 Å². The molecule has 1 saturated heterocycles. The van der Waals surface area contributed by atoms with Gasteiger partial charge in [-0.25, -0.2) is 0 Å². The normalized spacial score (nSPS) is 27.2. The minimum absolute atomic E-state index is 0.00403. The molecule has 0 amide bonds. The van der Waals surface area contributed by atoms with Crippen LogP contribution in [0, 0.1) is 5.41 Å². The summed E-state index contributed by atoms with van der Waals surface area (Å²) in [6.07, 6.45) is 5.03. The molecule has 2 nitrogen and oxygen atoms in total. The highest BCUT2D eigenvalue weighted by atomic mass is 32.1. The molecule has 1 aliphatic rings. The quantitative estimate of drug-likeness (QED) is 0.752. The van der Waals surface area contributed by atoms with Gasteiger partial charge in [-0.1, -0.05) is 33.0 Å². The molecular formula is C13H26N2S. The molecule has 0 bridgehead atoms. The summed E-state index contributed by atoms with van der Waals surface area (Å²) < 4.78 is 0. The summed E-state index contributed by atoms with van der Waals surface area (Å²) in [5.74, 6) is 0. The Kier molecular flexibility index (Phi) is 4.74. The maximum absolute atomic E-state index is 5.77. The zero-order valence-corrected chi connectivity index (χ0v) is 11.9. The van der Waals surface area contributed by atoms with Crippen molar-refractivity contribution in [3.63, 3.8) is 0 Å². The smallest absolute Gasteiger partial charge is 0.0784 e. The lowest BCUT2D eigenvalue weighted by Crippen LogP contribution is -2.39. The van der Waals surface area contributed by atoms with Gasteiger partial charge in [0.15, 0.2) is 0 Å². The lowest BCUT2D eigenvalue weighted by Gasteiger charge is -2.32. The second-order valence-electron chi connectivity index (χ2n) is 5.72. The van der Waals surface area contributed by atoms with E-state index < -0.39 is 0 Å². The van der Waals surface area contributed by atoms with Crippen LogP contribution >= 0.6 is 12.2 Å². The molecule has 0 spiro atoms. The monoisotopic (exact) mass is 242 g/mol. The largest absolute Gasteiger partial charge is 0.393 e. The van der Waals surface area contributed by atoms with E-state index in [-0.39, 0.29) is 5.41 Å². The third kappa shape index (κ3) is 3.17. The molecule has 2 atom stereocenters. The Morgan fingerprint density at radius 3 is 2.56 bits per heavy atom. The van der Waals surface area contributed by atoms with Crippen LogP contribution in [-0.4, -0.2) is 28.5 Å². The van der Waals surface area contributed by atoms with Crippen molar-refractivity contribution in [1.82, 2.24) is 4.90 Å². The minimum Gasteiger partial charge on any atom is -0.393 e. The molecule has 0 radical (unpaired) electrons. The molecule has 0 aliphatic carbocycles. The highest BCUT2D eigenvalue weighted by Crippen LogP contribution is 2.29. The van der Waals surface area contributed by atoms with E-state index in [0.29, 0.717) is 4.99 Å². The number of nitrogens with zero attached hydrogens (tertiary/aromatic N) is 1. The first-order valence-corrected chi connectivity index (χ1v) is 6.85. The highest BCUT2D eigenvalue weighted by molar-refractivity contribution is 7.80. The number of hydrogen-bond donors (Lipinski definition) is 1. The second kappa shape index (κ2) is 5.46. The first kappa shape index (κ1) is 13.9. The Morgan fingerprint density at radius 1 is 1.44 bits per heavy atom. The summed E-state index contributed by atoms with van der Waals surface area (Å²) in [7, 11) is 0. The zero-order valence-electron chi connectivity index (χ0n) is 11.1. The number of hydrogen-bond acceptors (Lipinski definition) is 2. The predicted octanol–water partition coefficient (Wildman–Crippen LogP) is 2.95. The Hall–Kier alpha value is -0.150. The molecule has 16 heavy (non-hydrogen) atoms. The molecule has 94 valence electrons. The Labute approximate surface area is 106 Å². The van der Waals surface area contributed by atoms with Gasteiger partial charge < -0.3 is 5.73 Å². The van der Waals surface area contributed by atoms with Gasteiger partial charge in [-0.2, -0.15) is 0 Å². The Bertz CT molecular complexity index is 250. The van der Waals surface area contributed by atoms with Gasteiger partial charge >= 0.3 is 0 Å². The molecular weight excluding hydrogens is 216 g/mol. The van der Waals surface area contributed by atoms with Crippen molar-refractivity contribution in [2.75, 3.05) is 6.54 Å². The van der Waals surface area contributed by atoms with E-state index in [0.717, 1.165) is 25.0 Å². The van der Waals surface area contributed by atoms with Crippen molar-refractivity contribution in [1.29, 1.82) is 0 Å². The highest BCUT2D eigenvalue weighted by Gasteiger charge is 2.31. The molecule has 1 aliphatic heterocycles. The van der Waals surface area contributed by atoms with Gasteiger partial charge in [0, 0.05) is 17.5 Å². The first-order chi connectivity index (χ1) is 7.38. The first-order valence-electron chi connectivity index (χ1n) is 6.44. The van der Waals surface area contributed by atoms with E-state index in [2.05, 4.69) is 32.6 Å². The maximum Gasteiger partial charge on any atom is 0.0784 e. The van der Waals surface area contributed by atoms with Crippen LogP contribution in [0.15, 0.2) is 0 Å². The average molecular weight is 242 g/mol. The van der Waals surface area contributed by atoms with Crippen LogP contribution < -0.4 is 5.73 Å². The van der Waals surface area contributed by atoms with Crippen molar-refractivity contribution < 1.29 is 0 Å². The summed E-state index contributed by atoms with van der Waals surface area (Å²) in [6.45, 7) is 10.1. The van der Waals surface area contributed by atoms with E-state index >= 15 is 0 Å². The molecule has 1 rings (SSSR count). The summed E-state index contributed by atoms with van der Waals surface area (Å²) in [5.41, 5.74) is 5.77. The molecule has 3 heteroatoms. The van der Waals surface area contributed by atoms with E-state index in [1.54, 1.807) is 0 Å². The molecule has 2 unspecified atom stereocenters. The van der Waals surface area contributed by atoms with Crippen LogP contribution in [0.2, 0.25) is 0 Å². The standard InChI is InChI=1S/C13H26N2S/c1-5-11-7-6-10(2)15(11)9-8-13(3,4)12(14)16/h10-11H,5-9H2,1-4H3,(H2,14,16). The van der Waals surface area contributed by atoms with Crippen molar-refractivity contribution in [2.45, 2.75) is 65.5 Å². The van der Waals surface area contributed by atoms with Crippen LogP contribution in [-0.2, 0) is 0 Å². The lowest BCUT2D eigenvalue weighted by atomic mass is 9.89. The minimum atomic E-state index is -0.00403. The summed E-state index contributed by atoms with van der Waals surface area (Å²) >= 11 is 5.12. The predicted molar refractivity (Wildman–Crippen MR) is 74.7 cm³/mol. The molecule has 1 heterocycles. The maximum atomic E-state index is 5.77. The molecule has 0 saturated carbocycles. The molecule has 0 aromatic carbocycles. The van der Waals surface area contributed by atoms with E-state index in [4.69, 9.17) is 18.0 Å². The summed E-state index contributed by atoms with van der Waals surface area (Å²) in [6, 6.07) is 1.50. The number of nitrogens with two attached hydrogens (primary N) is 1. The van der Waals surface area contributed by atoms with Gasteiger partial charge in [0.1, 0.15) is 0 Å². The van der Waals surface area contributed by atoms with Gasteiger partial charge in [-0.3, -0.25) is 4.90 Å². The Morgan fingerprint density at radius 2 is 2.06 bits per heavy atom. The third-order valence-corrected chi connectivity index (χ3v) is 4.64. The van der Waals surface area contributed by atoms with Crippen molar-refractivity contribution >= 4 is 17.2 Å². The van der Waals surface area contributed by atoms with Crippen LogP contribution in [0.4, 0.5) is 0 Å². The third-order valence-electron chi connectivity index (χ3n) is 4.09. The second-order valence-corrected chi connectivity index (χ2v) is 6.16. The van der Waals surface area contributed by atoms with Crippen LogP contribution in [0.3, 0.4) is 0 Å². The van der Waals surface area contributed by atoms with E-state index in [1.807, 2.05) is 0 Å². The van der Waals surface area contributed by atoms with Crippen LogP contribution in [0.5, 0.6) is 0 Å². The van der Waals surface area contributed by atoms with Gasteiger partial charge in [-0.05, 0) is 39.2 Å². The molecule has 2 N–H and O–H groups in total. The SMILES string of the molecule is CCC1CCC(C)N1CCC(C)(C)C(N)=S. The van der Waals surface area contributed by atoms with E-state index in [1.165, 1.54) is 19.3 Å². The van der Waals surface area contributed by atoms with Crippen LogP contribution in [0.25, 0.3) is 0 Å². The molecule has 0 aromatic heterocycles. The van der Waals surface area contributed by atoms with Gasteiger partial charge in [0.25, 0.3) is 0 Å². The zero-order chi connectivity index (χ0) is 12.3. The van der Waals surface area contributed by atoms with Crippen molar-refractivity contribution in [2.24, 2.45) is 11.1 Å². The number of rotatable bonds is 5. The van der Waals surface area contributed by atoms with Crippen molar-refractivity contribution in [3.05, 3.63) is 0 Å². The fourth-order valence-electron chi connectivity index (χ4n) is 2.50. The summed E-state index contributed by atoms with van der Waals surface area (Å²) in [5, 5.41) is 0. The summed E-state index contributed by atoms with van der Waals surface area (Å²) in [4.78, 5) is 3.28. The average Bonchev–Trinajstić information content (AvgIpc) is 2.56. The topological polar surface area (TPSA) is 29.3 Å². The van der Waals surface area contributed by atoms with Gasteiger partial charge in [-0.15, -0.1) is 0 Å². The van der Waals surface area contributed by atoms with Gasteiger partial charge in [0.2, 0.25) is 0 Å². The molecule has 1 fully saturated rings. The van der Waals surface area contributed by atoms with Gasteiger partial charge in [0.05, 0.1) is 4.99 Å². The fourth-order valence-corrected chi connectivity index (χ4v) is 2.60. The number of likely N-dealkylation sites (tertiary alicyclic amines) is 1.